The van der Waals surface area contributed by atoms with Crippen molar-refractivity contribution in [2.45, 2.75) is 35.9 Å². The second-order valence-electron chi connectivity index (χ2n) is 7.17. The molecule has 1 aliphatic heterocycles. The highest BCUT2D eigenvalue weighted by atomic mass is 32.2. The maximum Gasteiger partial charge on any atom is 0.254 e. The van der Waals surface area contributed by atoms with E-state index in [9.17, 15) is 4.79 Å². The van der Waals surface area contributed by atoms with Crippen LogP contribution in [-0.4, -0.2) is 29.4 Å². The number of amides is 1. The molecule has 2 aromatic carbocycles. The van der Waals surface area contributed by atoms with E-state index in [1.165, 1.54) is 11.1 Å². The van der Waals surface area contributed by atoms with Gasteiger partial charge in [0.15, 0.2) is 0 Å². The second-order valence-corrected chi connectivity index (χ2v) is 9.25. The number of likely N-dealkylation sites (tertiary alicyclic amines) is 1. The van der Waals surface area contributed by atoms with Crippen LogP contribution in [0.3, 0.4) is 0 Å². The normalized spacial score (nSPS) is 16.2. The molecule has 2 heterocycles. The third kappa shape index (κ3) is 4.65. The first-order valence-corrected chi connectivity index (χ1v) is 11.6. The summed E-state index contributed by atoms with van der Waals surface area (Å²) < 4.78 is 6.34. The first-order chi connectivity index (χ1) is 14.1. The smallest absolute Gasteiger partial charge is 0.254 e. The standard InChI is InChI=1S/C23H24N2O2S2/c1-16-14-28-23(24-16)29-15-17-5-7-19(8-6-17)22(26)25-13-3-4-21(25)18-9-11-20(27-2)12-10-18/h5-12,14,21H,3-4,13,15H2,1-2H3/t21-/m0/s1. The van der Waals surface area contributed by atoms with Crippen LogP contribution < -0.4 is 4.74 Å². The quantitative estimate of drug-likeness (QED) is 0.474. The van der Waals surface area contributed by atoms with Crippen LogP contribution in [-0.2, 0) is 5.75 Å². The molecule has 1 fully saturated rings. The average molecular weight is 425 g/mol. The monoisotopic (exact) mass is 424 g/mol. The topological polar surface area (TPSA) is 42.4 Å². The van der Waals surface area contributed by atoms with Gasteiger partial charge in [0.05, 0.1) is 13.2 Å². The number of carbonyl (C=O) groups excluding carboxylic acids is 1. The third-order valence-electron chi connectivity index (χ3n) is 5.18. The van der Waals surface area contributed by atoms with Gasteiger partial charge in [0.2, 0.25) is 0 Å². The van der Waals surface area contributed by atoms with Gasteiger partial charge >= 0.3 is 0 Å². The molecule has 3 aromatic rings. The van der Waals surface area contributed by atoms with Crippen LogP contribution in [0, 0.1) is 6.92 Å². The van der Waals surface area contributed by atoms with Crippen molar-refractivity contribution in [3.05, 3.63) is 76.3 Å². The predicted octanol–water partition coefficient (Wildman–Crippen LogP) is 5.73. The Morgan fingerprint density at radius 3 is 2.62 bits per heavy atom. The van der Waals surface area contributed by atoms with E-state index in [1.54, 1.807) is 30.2 Å². The molecule has 4 rings (SSSR count). The van der Waals surface area contributed by atoms with Crippen LogP contribution in [0.25, 0.3) is 0 Å². The molecule has 6 heteroatoms. The van der Waals surface area contributed by atoms with Gasteiger partial charge in [-0.05, 0) is 55.2 Å². The molecular weight excluding hydrogens is 400 g/mol. The average Bonchev–Trinajstić information content (AvgIpc) is 3.41. The van der Waals surface area contributed by atoms with Crippen LogP contribution in [0.4, 0.5) is 0 Å². The number of hydrogen-bond acceptors (Lipinski definition) is 5. The summed E-state index contributed by atoms with van der Waals surface area (Å²) in [6.45, 7) is 2.81. The molecule has 0 bridgehead atoms. The number of carbonyl (C=O) groups is 1. The van der Waals surface area contributed by atoms with E-state index in [2.05, 4.69) is 34.6 Å². The van der Waals surface area contributed by atoms with Gasteiger partial charge in [-0.3, -0.25) is 4.79 Å². The summed E-state index contributed by atoms with van der Waals surface area (Å²) in [6.07, 6.45) is 2.03. The van der Waals surface area contributed by atoms with Gasteiger partial charge in [0.1, 0.15) is 10.1 Å². The number of ether oxygens (including phenoxy) is 1. The van der Waals surface area contributed by atoms with Crippen LogP contribution in [0.15, 0.2) is 58.3 Å². The van der Waals surface area contributed by atoms with E-state index >= 15 is 0 Å². The summed E-state index contributed by atoms with van der Waals surface area (Å²) in [5.74, 6) is 1.81. The molecule has 1 aromatic heterocycles. The van der Waals surface area contributed by atoms with E-state index in [0.717, 1.165) is 46.5 Å². The number of aryl methyl sites for hydroxylation is 1. The lowest BCUT2D eigenvalue weighted by Gasteiger charge is -2.25. The van der Waals surface area contributed by atoms with Crippen molar-refractivity contribution in [1.29, 1.82) is 0 Å². The van der Waals surface area contributed by atoms with Gasteiger partial charge in [-0.15, -0.1) is 11.3 Å². The molecule has 4 nitrogen and oxygen atoms in total. The lowest BCUT2D eigenvalue weighted by atomic mass is 10.0. The molecule has 1 amide bonds. The Morgan fingerprint density at radius 2 is 1.97 bits per heavy atom. The molecule has 0 unspecified atom stereocenters. The Morgan fingerprint density at radius 1 is 1.21 bits per heavy atom. The predicted molar refractivity (Wildman–Crippen MR) is 119 cm³/mol. The summed E-state index contributed by atoms with van der Waals surface area (Å²) in [6, 6.07) is 16.2. The van der Waals surface area contributed by atoms with E-state index < -0.39 is 0 Å². The molecule has 0 radical (unpaired) electrons. The molecule has 1 atom stereocenters. The largest absolute Gasteiger partial charge is 0.497 e. The van der Waals surface area contributed by atoms with Crippen molar-refractivity contribution in [1.82, 2.24) is 9.88 Å². The highest BCUT2D eigenvalue weighted by molar-refractivity contribution is 8.00. The number of rotatable bonds is 6. The van der Waals surface area contributed by atoms with E-state index in [-0.39, 0.29) is 11.9 Å². The van der Waals surface area contributed by atoms with Crippen molar-refractivity contribution < 1.29 is 9.53 Å². The molecule has 0 N–H and O–H groups in total. The van der Waals surface area contributed by atoms with Crippen molar-refractivity contribution in [2.75, 3.05) is 13.7 Å². The Labute approximate surface area is 179 Å². The zero-order valence-electron chi connectivity index (χ0n) is 16.6. The zero-order chi connectivity index (χ0) is 20.2. The van der Waals surface area contributed by atoms with Gasteiger partial charge in [-0.25, -0.2) is 4.98 Å². The first kappa shape index (κ1) is 20.0. The molecular formula is C23H24N2O2S2. The summed E-state index contributed by atoms with van der Waals surface area (Å²) in [5, 5.41) is 2.07. The molecule has 0 aliphatic carbocycles. The van der Waals surface area contributed by atoms with Gasteiger partial charge in [0.25, 0.3) is 5.91 Å². The fraction of sp³-hybridized carbons (Fsp3) is 0.304. The number of hydrogen-bond donors (Lipinski definition) is 0. The number of nitrogens with zero attached hydrogens (tertiary/aromatic N) is 2. The van der Waals surface area contributed by atoms with Crippen LogP contribution in [0.2, 0.25) is 0 Å². The summed E-state index contributed by atoms with van der Waals surface area (Å²) in [7, 11) is 1.67. The molecule has 0 saturated carbocycles. The molecule has 150 valence electrons. The second kappa shape index (κ2) is 9.01. The maximum atomic E-state index is 13.1. The lowest BCUT2D eigenvalue weighted by molar-refractivity contribution is 0.0735. The van der Waals surface area contributed by atoms with Crippen LogP contribution in [0.1, 0.15) is 46.1 Å². The summed E-state index contributed by atoms with van der Waals surface area (Å²) in [5.41, 5.74) is 4.19. The number of thiazole rings is 1. The Balaban J connectivity index is 1.42. The van der Waals surface area contributed by atoms with E-state index in [0.29, 0.717) is 0 Å². The summed E-state index contributed by atoms with van der Waals surface area (Å²) >= 11 is 3.41. The van der Waals surface area contributed by atoms with Gasteiger partial charge in [0, 0.05) is 28.9 Å². The Kier molecular flexibility index (Phi) is 6.21. The fourth-order valence-corrected chi connectivity index (χ4v) is 5.44. The minimum absolute atomic E-state index is 0.109. The van der Waals surface area contributed by atoms with Crippen molar-refractivity contribution in [2.24, 2.45) is 0 Å². The number of thioether (sulfide) groups is 1. The zero-order valence-corrected chi connectivity index (χ0v) is 18.3. The minimum Gasteiger partial charge on any atom is -0.497 e. The molecule has 1 saturated heterocycles. The molecule has 0 spiro atoms. The molecule has 1 aliphatic rings. The Bertz CT molecular complexity index is 967. The third-order valence-corrected chi connectivity index (χ3v) is 7.39. The highest BCUT2D eigenvalue weighted by Gasteiger charge is 2.30. The van der Waals surface area contributed by atoms with Crippen molar-refractivity contribution in [3.63, 3.8) is 0 Å². The SMILES string of the molecule is COc1ccc([C@@H]2CCCN2C(=O)c2ccc(CSc3nc(C)cs3)cc2)cc1. The van der Waals surface area contributed by atoms with Gasteiger partial charge in [-0.1, -0.05) is 36.0 Å². The fourth-order valence-electron chi connectivity index (χ4n) is 3.64. The number of aromatic nitrogens is 1. The van der Waals surface area contributed by atoms with Crippen molar-refractivity contribution >= 4 is 29.0 Å². The lowest BCUT2D eigenvalue weighted by Crippen LogP contribution is -2.30. The van der Waals surface area contributed by atoms with E-state index in [4.69, 9.17) is 4.74 Å². The number of benzene rings is 2. The summed E-state index contributed by atoms with van der Waals surface area (Å²) in [4.78, 5) is 19.6. The van der Waals surface area contributed by atoms with Crippen molar-refractivity contribution in [3.8, 4) is 5.75 Å². The molecule has 29 heavy (non-hydrogen) atoms. The highest BCUT2D eigenvalue weighted by Crippen LogP contribution is 2.34. The van der Waals surface area contributed by atoms with E-state index in [1.807, 2.05) is 36.1 Å². The first-order valence-electron chi connectivity index (χ1n) is 9.73. The van der Waals surface area contributed by atoms with Gasteiger partial charge in [-0.2, -0.15) is 0 Å². The van der Waals surface area contributed by atoms with Crippen LogP contribution >= 0.6 is 23.1 Å². The van der Waals surface area contributed by atoms with Gasteiger partial charge < -0.3 is 9.64 Å². The number of methoxy groups -OCH3 is 1. The van der Waals surface area contributed by atoms with Crippen LogP contribution in [0.5, 0.6) is 5.75 Å². The maximum absolute atomic E-state index is 13.1. The Hall–Kier alpha value is -2.31. The minimum atomic E-state index is 0.109.